The lowest BCUT2D eigenvalue weighted by atomic mass is 9.81. The van der Waals surface area contributed by atoms with Gasteiger partial charge in [0.15, 0.2) is 0 Å². The highest BCUT2D eigenvalue weighted by molar-refractivity contribution is 7.88. The fraction of sp³-hybridized carbons (Fsp3) is 0.520. The average molecular weight is 479 g/mol. The molecule has 0 radical (unpaired) electrons. The molecule has 176 valence electrons. The highest BCUT2D eigenvalue weighted by Crippen LogP contribution is 2.60. The van der Waals surface area contributed by atoms with Crippen LogP contribution in [0.4, 0.5) is 13.2 Å². The van der Waals surface area contributed by atoms with Crippen LogP contribution in [0.2, 0.25) is 0 Å². The fourth-order valence-electron chi connectivity index (χ4n) is 7.08. The molecule has 33 heavy (non-hydrogen) atoms. The van der Waals surface area contributed by atoms with Gasteiger partial charge >= 0.3 is 15.6 Å². The van der Waals surface area contributed by atoms with Crippen molar-refractivity contribution >= 4 is 10.1 Å². The van der Waals surface area contributed by atoms with Crippen molar-refractivity contribution < 1.29 is 30.9 Å². The van der Waals surface area contributed by atoms with Crippen LogP contribution in [0.1, 0.15) is 79.0 Å². The second-order valence-electron chi connectivity index (χ2n) is 10.3. The second kappa shape index (κ2) is 6.90. The summed E-state index contributed by atoms with van der Waals surface area (Å²) in [5.41, 5.74) is 0.366. The van der Waals surface area contributed by atoms with E-state index in [2.05, 4.69) is 4.18 Å². The van der Waals surface area contributed by atoms with E-state index in [1.54, 1.807) is 12.1 Å². The minimum Gasteiger partial charge on any atom is -0.508 e. The summed E-state index contributed by atoms with van der Waals surface area (Å²) in [5, 5.41) is 10.6. The number of rotatable bonds is 3. The monoisotopic (exact) mass is 478 g/mol. The molecule has 2 aromatic carbocycles. The van der Waals surface area contributed by atoms with E-state index < -0.39 is 15.6 Å². The number of phenolic OH excluding ortho intramolecular Hbond substituents is 1. The summed E-state index contributed by atoms with van der Waals surface area (Å²) in [6, 6.07) is 6.74. The van der Waals surface area contributed by atoms with Crippen molar-refractivity contribution in [3.05, 3.63) is 46.5 Å². The van der Waals surface area contributed by atoms with Crippen LogP contribution in [-0.4, -0.2) is 19.0 Å². The molecule has 0 heterocycles. The van der Waals surface area contributed by atoms with Gasteiger partial charge in [-0.3, -0.25) is 0 Å². The Labute approximate surface area is 190 Å². The molecule has 2 bridgehead atoms. The zero-order chi connectivity index (χ0) is 23.2. The van der Waals surface area contributed by atoms with Gasteiger partial charge in [-0.15, -0.1) is 0 Å². The van der Waals surface area contributed by atoms with Crippen LogP contribution in [0, 0.1) is 5.41 Å². The van der Waals surface area contributed by atoms with Crippen molar-refractivity contribution in [1.29, 1.82) is 0 Å². The van der Waals surface area contributed by atoms with Gasteiger partial charge in [0.2, 0.25) is 0 Å². The molecule has 4 aliphatic rings. The van der Waals surface area contributed by atoms with Crippen molar-refractivity contribution in [1.82, 2.24) is 0 Å². The van der Waals surface area contributed by atoms with Crippen LogP contribution < -0.4 is 4.18 Å². The van der Waals surface area contributed by atoms with Crippen molar-refractivity contribution in [3.63, 3.8) is 0 Å². The Hall–Kier alpha value is -2.22. The number of benzene rings is 2. The number of hydrogen-bond donors (Lipinski definition) is 1. The first-order valence-electron chi connectivity index (χ1n) is 11.6. The minimum atomic E-state index is -5.73. The standard InChI is InChI=1S/C25H25F3O4S/c26-25(27,28)33(30,31)32-21-8-6-17(22-14-3-4-15(11-14)23(21)22)16-5-7-20(29)19-13-24(12-18(16)19)9-1-2-10-24/h5-8,14-15,29H,1-4,9-13H2. The molecule has 6 rings (SSSR count). The minimum absolute atomic E-state index is 0.00900. The number of phenols is 1. The number of alkyl halides is 3. The fourth-order valence-corrected chi connectivity index (χ4v) is 7.56. The summed E-state index contributed by atoms with van der Waals surface area (Å²) in [5.74, 6) is 0.311. The molecule has 2 aromatic rings. The maximum Gasteiger partial charge on any atom is 0.534 e. The van der Waals surface area contributed by atoms with Gasteiger partial charge in [-0.05, 0) is 102 Å². The van der Waals surface area contributed by atoms with Gasteiger partial charge < -0.3 is 9.29 Å². The summed E-state index contributed by atoms with van der Waals surface area (Å²) < 4.78 is 67.1. The largest absolute Gasteiger partial charge is 0.534 e. The molecule has 0 aromatic heterocycles. The van der Waals surface area contributed by atoms with E-state index in [4.69, 9.17) is 0 Å². The maximum atomic E-state index is 13.0. The third-order valence-corrected chi connectivity index (χ3v) is 9.41. The predicted octanol–water partition coefficient (Wildman–Crippen LogP) is 6.31. The topological polar surface area (TPSA) is 63.6 Å². The smallest absolute Gasteiger partial charge is 0.508 e. The Morgan fingerprint density at radius 1 is 0.909 bits per heavy atom. The van der Waals surface area contributed by atoms with Crippen molar-refractivity contribution in [2.24, 2.45) is 5.41 Å². The van der Waals surface area contributed by atoms with Crippen LogP contribution in [0.15, 0.2) is 24.3 Å². The number of aromatic hydroxyl groups is 1. The summed E-state index contributed by atoms with van der Waals surface area (Å²) >= 11 is 0. The van der Waals surface area contributed by atoms with E-state index in [1.807, 2.05) is 6.07 Å². The Morgan fingerprint density at radius 3 is 2.24 bits per heavy atom. The van der Waals surface area contributed by atoms with E-state index in [9.17, 15) is 26.7 Å². The molecule has 4 nitrogen and oxygen atoms in total. The molecule has 0 aliphatic heterocycles. The first-order chi connectivity index (χ1) is 15.6. The van der Waals surface area contributed by atoms with Gasteiger partial charge in [0.1, 0.15) is 11.5 Å². The molecule has 2 saturated carbocycles. The lowest BCUT2D eigenvalue weighted by Crippen LogP contribution is -2.28. The van der Waals surface area contributed by atoms with Gasteiger partial charge in [0.05, 0.1) is 0 Å². The zero-order valence-corrected chi connectivity index (χ0v) is 18.9. The first kappa shape index (κ1) is 21.3. The Balaban J connectivity index is 1.49. The van der Waals surface area contributed by atoms with Crippen LogP contribution in [0.3, 0.4) is 0 Å². The maximum absolute atomic E-state index is 13.0. The van der Waals surface area contributed by atoms with Gasteiger partial charge in [-0.1, -0.05) is 25.0 Å². The Bertz CT molecular complexity index is 1260. The molecule has 4 aliphatic carbocycles. The Morgan fingerprint density at radius 2 is 1.55 bits per heavy atom. The molecular weight excluding hydrogens is 453 g/mol. The number of halogens is 3. The summed E-state index contributed by atoms with van der Waals surface area (Å²) in [7, 11) is -5.73. The van der Waals surface area contributed by atoms with Gasteiger partial charge in [-0.25, -0.2) is 0 Å². The molecule has 0 amide bonds. The molecule has 8 heteroatoms. The van der Waals surface area contributed by atoms with Crippen molar-refractivity contribution in [3.8, 4) is 22.6 Å². The van der Waals surface area contributed by atoms with Gasteiger partial charge in [0, 0.05) is 5.56 Å². The SMILES string of the molecule is O=S(=O)(Oc1ccc(-c2ccc(O)c3c2CC2(CCCC2)C3)c2c1C1CCC2C1)C(F)(F)F. The van der Waals surface area contributed by atoms with Crippen LogP contribution in [-0.2, 0) is 23.0 Å². The zero-order valence-electron chi connectivity index (χ0n) is 18.0. The lowest BCUT2D eigenvalue weighted by molar-refractivity contribution is -0.0500. The van der Waals surface area contributed by atoms with Crippen LogP contribution in [0.25, 0.3) is 11.1 Å². The highest BCUT2D eigenvalue weighted by atomic mass is 32.2. The third kappa shape index (κ3) is 3.12. The lowest BCUT2D eigenvalue weighted by Gasteiger charge is -2.24. The number of hydrogen-bond acceptors (Lipinski definition) is 4. The van der Waals surface area contributed by atoms with Crippen LogP contribution >= 0.6 is 0 Å². The molecular formula is C25H25F3O4S. The van der Waals surface area contributed by atoms with E-state index >= 15 is 0 Å². The molecule has 2 unspecified atom stereocenters. The molecule has 2 fully saturated rings. The van der Waals surface area contributed by atoms with E-state index in [-0.39, 0.29) is 23.0 Å². The average Bonchev–Trinajstić information content (AvgIpc) is 3.53. The summed E-state index contributed by atoms with van der Waals surface area (Å²) in [4.78, 5) is 0. The molecule has 2 atom stereocenters. The highest BCUT2D eigenvalue weighted by Gasteiger charge is 2.50. The normalized spacial score (nSPS) is 24.9. The third-order valence-electron chi connectivity index (χ3n) is 8.44. The van der Waals surface area contributed by atoms with E-state index in [0.29, 0.717) is 11.3 Å². The van der Waals surface area contributed by atoms with Crippen LogP contribution in [0.5, 0.6) is 11.5 Å². The molecule has 0 saturated heterocycles. The van der Waals surface area contributed by atoms with Crippen molar-refractivity contribution in [2.45, 2.75) is 75.1 Å². The quantitative estimate of drug-likeness (QED) is 0.415. The molecule has 1 N–H and O–H groups in total. The second-order valence-corrected chi connectivity index (χ2v) is 11.8. The van der Waals surface area contributed by atoms with Crippen molar-refractivity contribution in [2.75, 3.05) is 0 Å². The molecule has 1 spiro atoms. The summed E-state index contributed by atoms with van der Waals surface area (Å²) in [6.45, 7) is 0. The van der Waals surface area contributed by atoms with Gasteiger partial charge in [-0.2, -0.15) is 21.6 Å². The number of fused-ring (bicyclic) bond motifs is 6. The predicted molar refractivity (Wildman–Crippen MR) is 117 cm³/mol. The Kier molecular flexibility index (Phi) is 4.46. The first-order valence-corrected chi connectivity index (χ1v) is 13.0. The van der Waals surface area contributed by atoms with Gasteiger partial charge in [0.25, 0.3) is 0 Å². The van der Waals surface area contributed by atoms with E-state index in [0.717, 1.165) is 72.8 Å². The van der Waals surface area contributed by atoms with E-state index in [1.165, 1.54) is 18.9 Å². The summed E-state index contributed by atoms with van der Waals surface area (Å²) in [6.07, 6.45) is 9.00.